The lowest BCUT2D eigenvalue weighted by atomic mass is 9.80. The number of aromatic hydroxyl groups is 1. The summed E-state index contributed by atoms with van der Waals surface area (Å²) in [6.45, 7) is 4.48. The zero-order valence-corrected chi connectivity index (χ0v) is 12.2. The molecule has 1 aromatic carbocycles. The molecule has 0 unspecified atom stereocenters. The molecule has 2 N–H and O–H groups in total. The predicted molar refractivity (Wildman–Crippen MR) is 81.9 cm³/mol. The topological polar surface area (TPSA) is 35.5 Å². The SMILES string of the molecule is Oc1ccc([C@@H](C2CCCCC2)N2CCNCC2)cc1. The summed E-state index contributed by atoms with van der Waals surface area (Å²) in [6.07, 6.45) is 6.88. The molecule has 0 radical (unpaired) electrons. The van der Waals surface area contributed by atoms with Gasteiger partial charge in [-0.1, -0.05) is 31.4 Å². The highest BCUT2D eigenvalue weighted by Crippen LogP contribution is 2.38. The van der Waals surface area contributed by atoms with E-state index < -0.39 is 0 Å². The summed E-state index contributed by atoms with van der Waals surface area (Å²) in [6, 6.07) is 8.46. The van der Waals surface area contributed by atoms with E-state index in [1.54, 1.807) is 0 Å². The van der Waals surface area contributed by atoms with Gasteiger partial charge in [-0.3, -0.25) is 4.90 Å². The average Bonchev–Trinajstić information content (AvgIpc) is 2.52. The fraction of sp³-hybridized carbons (Fsp3) is 0.647. The molecule has 1 aliphatic carbocycles. The first kappa shape index (κ1) is 13.9. The Bertz CT molecular complexity index is 388. The van der Waals surface area contributed by atoms with Crippen LogP contribution in [-0.2, 0) is 0 Å². The fourth-order valence-corrected chi connectivity index (χ4v) is 3.86. The third-order valence-corrected chi connectivity index (χ3v) is 4.88. The summed E-state index contributed by atoms with van der Waals surface area (Å²) >= 11 is 0. The number of nitrogens with one attached hydrogen (secondary N) is 1. The molecule has 0 spiro atoms. The maximum absolute atomic E-state index is 9.54. The lowest BCUT2D eigenvalue weighted by molar-refractivity contribution is 0.103. The molecule has 1 saturated carbocycles. The van der Waals surface area contributed by atoms with Crippen LogP contribution < -0.4 is 5.32 Å². The van der Waals surface area contributed by atoms with Gasteiger partial charge in [-0.05, 0) is 36.5 Å². The van der Waals surface area contributed by atoms with Gasteiger partial charge in [0.1, 0.15) is 5.75 Å². The molecule has 20 heavy (non-hydrogen) atoms. The molecule has 1 saturated heterocycles. The minimum absolute atomic E-state index is 0.372. The lowest BCUT2D eigenvalue weighted by Gasteiger charge is -2.41. The number of phenolic OH excluding ortho intramolecular Hbond substituents is 1. The largest absolute Gasteiger partial charge is 0.508 e. The second-order valence-electron chi connectivity index (χ2n) is 6.22. The molecule has 3 heteroatoms. The van der Waals surface area contributed by atoms with Crippen molar-refractivity contribution >= 4 is 0 Å². The molecule has 1 aliphatic heterocycles. The highest BCUT2D eigenvalue weighted by atomic mass is 16.3. The van der Waals surface area contributed by atoms with E-state index in [-0.39, 0.29) is 0 Å². The molecule has 1 atom stereocenters. The number of hydrogen-bond acceptors (Lipinski definition) is 3. The van der Waals surface area contributed by atoms with Crippen LogP contribution in [0.1, 0.15) is 43.7 Å². The standard InChI is InChI=1S/C17H26N2O/c20-16-8-6-15(7-9-16)17(14-4-2-1-3-5-14)19-12-10-18-11-13-19/h6-9,14,17-18,20H,1-5,10-13H2/t17-/m1/s1. The van der Waals surface area contributed by atoms with Crippen molar-refractivity contribution in [2.75, 3.05) is 26.2 Å². The van der Waals surface area contributed by atoms with Gasteiger partial charge in [-0.15, -0.1) is 0 Å². The van der Waals surface area contributed by atoms with Gasteiger partial charge < -0.3 is 10.4 Å². The number of phenols is 1. The van der Waals surface area contributed by atoms with Crippen LogP contribution in [0.4, 0.5) is 0 Å². The Labute approximate surface area is 122 Å². The quantitative estimate of drug-likeness (QED) is 0.889. The molecule has 2 fully saturated rings. The van der Waals surface area contributed by atoms with Crippen molar-refractivity contribution in [1.29, 1.82) is 0 Å². The van der Waals surface area contributed by atoms with Crippen molar-refractivity contribution in [3.63, 3.8) is 0 Å². The predicted octanol–water partition coefficient (Wildman–Crippen LogP) is 2.92. The maximum atomic E-state index is 9.54. The molecule has 0 aromatic heterocycles. The number of rotatable bonds is 3. The van der Waals surface area contributed by atoms with E-state index in [2.05, 4.69) is 22.3 Å². The zero-order valence-electron chi connectivity index (χ0n) is 12.2. The Morgan fingerprint density at radius 2 is 1.65 bits per heavy atom. The van der Waals surface area contributed by atoms with E-state index >= 15 is 0 Å². The van der Waals surface area contributed by atoms with Gasteiger partial charge in [0.05, 0.1) is 0 Å². The van der Waals surface area contributed by atoms with Gasteiger partial charge in [0.15, 0.2) is 0 Å². The van der Waals surface area contributed by atoms with E-state index in [4.69, 9.17) is 0 Å². The maximum Gasteiger partial charge on any atom is 0.115 e. The van der Waals surface area contributed by atoms with Gasteiger partial charge in [0, 0.05) is 32.2 Å². The molecule has 1 aromatic rings. The first-order valence-corrected chi connectivity index (χ1v) is 8.08. The Hall–Kier alpha value is -1.06. The van der Waals surface area contributed by atoms with E-state index in [0.717, 1.165) is 32.1 Å². The number of hydrogen-bond donors (Lipinski definition) is 2. The van der Waals surface area contributed by atoms with Crippen LogP contribution in [0.5, 0.6) is 5.75 Å². The van der Waals surface area contributed by atoms with Crippen molar-refractivity contribution in [2.45, 2.75) is 38.1 Å². The molecule has 3 rings (SSSR count). The second kappa shape index (κ2) is 6.59. The lowest BCUT2D eigenvalue weighted by Crippen LogP contribution is -2.47. The number of benzene rings is 1. The Balaban J connectivity index is 1.83. The summed E-state index contributed by atoms with van der Waals surface area (Å²) in [7, 11) is 0. The minimum atomic E-state index is 0.372. The van der Waals surface area contributed by atoms with Gasteiger partial charge in [0.2, 0.25) is 0 Å². The first-order valence-electron chi connectivity index (χ1n) is 8.08. The van der Waals surface area contributed by atoms with Crippen LogP contribution in [0, 0.1) is 5.92 Å². The highest BCUT2D eigenvalue weighted by Gasteiger charge is 2.30. The second-order valence-corrected chi connectivity index (χ2v) is 6.22. The average molecular weight is 274 g/mol. The van der Waals surface area contributed by atoms with Gasteiger partial charge in [0.25, 0.3) is 0 Å². The van der Waals surface area contributed by atoms with Crippen LogP contribution in [0.15, 0.2) is 24.3 Å². The van der Waals surface area contributed by atoms with Crippen molar-refractivity contribution in [2.24, 2.45) is 5.92 Å². The van der Waals surface area contributed by atoms with Gasteiger partial charge in [-0.25, -0.2) is 0 Å². The molecule has 1 heterocycles. The Morgan fingerprint density at radius 3 is 2.30 bits per heavy atom. The molecule has 2 aliphatic rings. The van der Waals surface area contributed by atoms with Crippen LogP contribution in [0.2, 0.25) is 0 Å². The summed E-state index contributed by atoms with van der Waals surface area (Å²) in [5, 5.41) is 13.0. The normalized spacial score (nSPS) is 23.6. The van der Waals surface area contributed by atoms with Gasteiger partial charge >= 0.3 is 0 Å². The summed E-state index contributed by atoms with van der Waals surface area (Å²) < 4.78 is 0. The van der Waals surface area contributed by atoms with Crippen LogP contribution in [0.25, 0.3) is 0 Å². The highest BCUT2D eigenvalue weighted by molar-refractivity contribution is 5.28. The number of nitrogens with zero attached hydrogens (tertiary/aromatic N) is 1. The summed E-state index contributed by atoms with van der Waals surface area (Å²) in [4.78, 5) is 2.65. The minimum Gasteiger partial charge on any atom is -0.508 e. The molecular formula is C17H26N2O. The van der Waals surface area contributed by atoms with Crippen LogP contribution in [-0.4, -0.2) is 36.2 Å². The van der Waals surface area contributed by atoms with E-state index in [0.29, 0.717) is 11.8 Å². The van der Waals surface area contributed by atoms with Crippen LogP contribution >= 0.6 is 0 Å². The molecule has 0 bridgehead atoms. The van der Waals surface area contributed by atoms with E-state index in [1.807, 2.05) is 12.1 Å². The molecular weight excluding hydrogens is 248 g/mol. The summed E-state index contributed by atoms with van der Waals surface area (Å²) in [5.41, 5.74) is 1.39. The third-order valence-electron chi connectivity index (χ3n) is 4.88. The van der Waals surface area contributed by atoms with Crippen molar-refractivity contribution in [3.05, 3.63) is 29.8 Å². The number of piperazine rings is 1. The monoisotopic (exact) mass is 274 g/mol. The van der Waals surface area contributed by atoms with Gasteiger partial charge in [-0.2, -0.15) is 0 Å². The van der Waals surface area contributed by atoms with Crippen LogP contribution in [0.3, 0.4) is 0 Å². The summed E-state index contributed by atoms with van der Waals surface area (Å²) in [5.74, 6) is 1.16. The van der Waals surface area contributed by atoms with Crippen molar-refractivity contribution < 1.29 is 5.11 Å². The Kier molecular flexibility index (Phi) is 4.58. The van der Waals surface area contributed by atoms with Crippen molar-refractivity contribution in [3.8, 4) is 5.75 Å². The molecule has 110 valence electrons. The smallest absolute Gasteiger partial charge is 0.115 e. The molecule has 3 nitrogen and oxygen atoms in total. The Morgan fingerprint density at radius 1 is 1.00 bits per heavy atom. The van der Waals surface area contributed by atoms with Crippen molar-refractivity contribution in [1.82, 2.24) is 10.2 Å². The van der Waals surface area contributed by atoms with E-state index in [1.165, 1.54) is 37.7 Å². The molecule has 0 amide bonds. The van der Waals surface area contributed by atoms with E-state index in [9.17, 15) is 5.11 Å². The zero-order chi connectivity index (χ0) is 13.8. The first-order chi connectivity index (χ1) is 9.84. The fourth-order valence-electron chi connectivity index (χ4n) is 3.86. The third kappa shape index (κ3) is 3.15.